The standard InChI is InChI=1S/C23H15F6N3O/c24-22(25,26)15-5-1-3-14(11-15)19(32-18-9-7-16(12-31-18)23(27,28)29)17-8-6-13-4-2-10-30-20(13)21(17)33/h1-12,19,33H,(H,31,32). The summed E-state index contributed by atoms with van der Waals surface area (Å²) in [5.74, 6) is -0.291. The molecule has 0 saturated heterocycles. The summed E-state index contributed by atoms with van der Waals surface area (Å²) in [4.78, 5) is 7.87. The molecule has 0 spiro atoms. The smallest absolute Gasteiger partial charge is 0.417 e. The van der Waals surface area contributed by atoms with Gasteiger partial charge in [0.05, 0.1) is 17.2 Å². The summed E-state index contributed by atoms with van der Waals surface area (Å²) in [5, 5.41) is 14.3. The Hall–Kier alpha value is -3.82. The molecule has 0 aliphatic rings. The first-order valence-corrected chi connectivity index (χ1v) is 9.57. The molecule has 0 bridgehead atoms. The summed E-state index contributed by atoms with van der Waals surface area (Å²) in [6.45, 7) is 0. The SMILES string of the molecule is Oc1c(C(Nc2ccc(C(F)(F)F)cn2)c2cccc(C(F)(F)F)c2)ccc2cccnc12. The zero-order valence-corrected chi connectivity index (χ0v) is 16.6. The van der Waals surface area contributed by atoms with Crippen LogP contribution < -0.4 is 5.32 Å². The Kier molecular flexibility index (Phi) is 5.61. The molecule has 33 heavy (non-hydrogen) atoms. The lowest BCUT2D eigenvalue weighted by atomic mass is 9.95. The lowest BCUT2D eigenvalue weighted by Gasteiger charge is -2.23. The summed E-state index contributed by atoms with van der Waals surface area (Å²) >= 11 is 0. The molecule has 4 nitrogen and oxygen atoms in total. The minimum atomic E-state index is -4.61. The van der Waals surface area contributed by atoms with Crippen LogP contribution in [0.15, 0.2) is 73.1 Å². The van der Waals surface area contributed by atoms with E-state index in [9.17, 15) is 31.4 Å². The van der Waals surface area contributed by atoms with Crippen LogP contribution in [-0.2, 0) is 12.4 Å². The minimum Gasteiger partial charge on any atom is -0.505 e. The maximum Gasteiger partial charge on any atom is 0.417 e. The Morgan fingerprint density at radius 2 is 1.55 bits per heavy atom. The highest BCUT2D eigenvalue weighted by atomic mass is 19.4. The van der Waals surface area contributed by atoms with E-state index >= 15 is 0 Å². The van der Waals surface area contributed by atoms with Crippen LogP contribution in [0.5, 0.6) is 5.75 Å². The second-order valence-electron chi connectivity index (χ2n) is 7.21. The maximum atomic E-state index is 13.3. The predicted molar refractivity (Wildman–Crippen MR) is 110 cm³/mol. The number of nitrogens with one attached hydrogen (secondary N) is 1. The average Bonchev–Trinajstić information content (AvgIpc) is 2.77. The van der Waals surface area contributed by atoms with E-state index in [4.69, 9.17) is 0 Å². The van der Waals surface area contributed by atoms with Crippen LogP contribution in [-0.4, -0.2) is 15.1 Å². The number of phenolic OH excluding ortho intramolecular Hbond substituents is 1. The van der Waals surface area contributed by atoms with Crippen molar-refractivity contribution in [3.63, 3.8) is 0 Å². The Labute approximate surface area is 183 Å². The van der Waals surface area contributed by atoms with Crippen molar-refractivity contribution >= 4 is 16.7 Å². The zero-order chi connectivity index (χ0) is 23.8. The Morgan fingerprint density at radius 3 is 2.21 bits per heavy atom. The average molecular weight is 463 g/mol. The van der Waals surface area contributed by atoms with Gasteiger partial charge in [0.25, 0.3) is 0 Å². The molecule has 10 heteroatoms. The second-order valence-corrected chi connectivity index (χ2v) is 7.21. The molecule has 2 N–H and O–H groups in total. The van der Waals surface area contributed by atoms with E-state index in [0.717, 1.165) is 24.3 Å². The number of fused-ring (bicyclic) bond motifs is 1. The number of benzene rings is 2. The number of hydrogen-bond donors (Lipinski definition) is 2. The van der Waals surface area contributed by atoms with Gasteiger partial charge in [0.15, 0.2) is 0 Å². The highest BCUT2D eigenvalue weighted by Crippen LogP contribution is 2.38. The first-order chi connectivity index (χ1) is 15.5. The Balaban J connectivity index is 1.82. The molecule has 0 amide bonds. The van der Waals surface area contributed by atoms with Crippen molar-refractivity contribution in [3.05, 3.63) is 95.3 Å². The molecule has 1 unspecified atom stereocenters. The van der Waals surface area contributed by atoms with Crippen molar-refractivity contribution < 1.29 is 31.4 Å². The molecular formula is C23H15F6N3O. The minimum absolute atomic E-state index is 0.0223. The number of hydrogen-bond acceptors (Lipinski definition) is 4. The Morgan fingerprint density at radius 1 is 0.788 bits per heavy atom. The second kappa shape index (κ2) is 8.27. The molecule has 0 fully saturated rings. The quantitative estimate of drug-likeness (QED) is 0.336. The van der Waals surface area contributed by atoms with Crippen molar-refractivity contribution in [3.8, 4) is 5.75 Å². The van der Waals surface area contributed by atoms with Crippen LogP contribution in [0.1, 0.15) is 28.3 Å². The third kappa shape index (κ3) is 4.69. The number of phenols is 1. The normalized spacial score (nSPS) is 13.2. The van der Waals surface area contributed by atoms with Gasteiger partial charge in [-0.15, -0.1) is 0 Å². The number of anilines is 1. The maximum absolute atomic E-state index is 13.3. The van der Waals surface area contributed by atoms with Gasteiger partial charge in [0, 0.05) is 23.3 Å². The highest BCUT2D eigenvalue weighted by molar-refractivity contribution is 5.86. The van der Waals surface area contributed by atoms with Gasteiger partial charge in [0.1, 0.15) is 17.1 Å². The topological polar surface area (TPSA) is 58.0 Å². The fraction of sp³-hybridized carbons (Fsp3) is 0.130. The number of halogens is 6. The molecule has 0 radical (unpaired) electrons. The summed E-state index contributed by atoms with van der Waals surface area (Å²) in [7, 11) is 0. The number of nitrogens with zero attached hydrogens (tertiary/aromatic N) is 2. The molecular weight excluding hydrogens is 448 g/mol. The fourth-order valence-corrected chi connectivity index (χ4v) is 3.41. The summed E-state index contributed by atoms with van der Waals surface area (Å²) in [5.41, 5.74) is -1.35. The number of pyridine rings is 2. The molecule has 0 aliphatic carbocycles. The molecule has 2 aromatic heterocycles. The Bertz CT molecular complexity index is 1290. The number of aromatic nitrogens is 2. The zero-order valence-electron chi connectivity index (χ0n) is 16.6. The van der Waals surface area contributed by atoms with Crippen LogP contribution in [0, 0.1) is 0 Å². The van der Waals surface area contributed by atoms with E-state index in [1.807, 2.05) is 0 Å². The van der Waals surface area contributed by atoms with E-state index in [0.29, 0.717) is 11.6 Å². The van der Waals surface area contributed by atoms with Gasteiger partial charge in [0.2, 0.25) is 0 Å². The highest BCUT2D eigenvalue weighted by Gasteiger charge is 2.32. The van der Waals surface area contributed by atoms with Gasteiger partial charge in [-0.05, 0) is 35.9 Å². The molecule has 1 atom stereocenters. The fourth-order valence-electron chi connectivity index (χ4n) is 3.41. The molecule has 4 aromatic rings. The molecule has 170 valence electrons. The van der Waals surface area contributed by atoms with Crippen molar-refractivity contribution in [2.75, 3.05) is 5.32 Å². The van der Waals surface area contributed by atoms with Gasteiger partial charge in [-0.2, -0.15) is 26.3 Å². The first-order valence-electron chi connectivity index (χ1n) is 9.57. The summed E-state index contributed by atoms with van der Waals surface area (Å²) in [6.07, 6.45) is -7.13. The molecule has 2 heterocycles. The molecule has 0 saturated carbocycles. The van der Waals surface area contributed by atoms with Crippen LogP contribution >= 0.6 is 0 Å². The van der Waals surface area contributed by atoms with Crippen molar-refractivity contribution in [2.24, 2.45) is 0 Å². The van der Waals surface area contributed by atoms with Crippen LogP contribution in [0.25, 0.3) is 10.9 Å². The van der Waals surface area contributed by atoms with E-state index in [1.54, 1.807) is 18.2 Å². The predicted octanol–water partition coefficient (Wildman–Crippen LogP) is 6.57. The van der Waals surface area contributed by atoms with Crippen LogP contribution in [0.3, 0.4) is 0 Å². The van der Waals surface area contributed by atoms with Gasteiger partial charge < -0.3 is 10.4 Å². The summed E-state index contributed by atoms with van der Waals surface area (Å²) < 4.78 is 78.5. The van der Waals surface area contributed by atoms with Crippen LogP contribution in [0.2, 0.25) is 0 Å². The monoisotopic (exact) mass is 463 g/mol. The van der Waals surface area contributed by atoms with Gasteiger partial charge >= 0.3 is 12.4 Å². The molecule has 4 rings (SSSR count). The van der Waals surface area contributed by atoms with Crippen LogP contribution in [0.4, 0.5) is 32.2 Å². The van der Waals surface area contributed by atoms with Gasteiger partial charge in [-0.3, -0.25) is 4.98 Å². The van der Waals surface area contributed by atoms with E-state index in [2.05, 4.69) is 15.3 Å². The van der Waals surface area contributed by atoms with E-state index in [-0.39, 0.29) is 28.2 Å². The number of rotatable bonds is 4. The lowest BCUT2D eigenvalue weighted by molar-refractivity contribution is -0.138. The van der Waals surface area contributed by atoms with Crippen molar-refractivity contribution in [1.29, 1.82) is 0 Å². The van der Waals surface area contributed by atoms with Crippen molar-refractivity contribution in [2.45, 2.75) is 18.4 Å². The third-order valence-electron chi connectivity index (χ3n) is 5.02. The van der Waals surface area contributed by atoms with Gasteiger partial charge in [-0.25, -0.2) is 4.98 Å². The molecule has 2 aromatic carbocycles. The number of aromatic hydroxyl groups is 1. The molecule has 0 aliphatic heterocycles. The first kappa shape index (κ1) is 22.4. The van der Waals surface area contributed by atoms with Crippen molar-refractivity contribution in [1.82, 2.24) is 9.97 Å². The third-order valence-corrected chi connectivity index (χ3v) is 5.02. The largest absolute Gasteiger partial charge is 0.505 e. The van der Waals surface area contributed by atoms with E-state index < -0.39 is 29.5 Å². The van der Waals surface area contributed by atoms with E-state index in [1.165, 1.54) is 24.4 Å². The summed E-state index contributed by atoms with van der Waals surface area (Å²) in [6, 6.07) is 11.8. The number of alkyl halides is 6. The lowest BCUT2D eigenvalue weighted by Crippen LogP contribution is -2.16. The van der Waals surface area contributed by atoms with Gasteiger partial charge in [-0.1, -0.05) is 30.3 Å².